The van der Waals surface area contributed by atoms with Gasteiger partial charge in [-0.2, -0.15) is 0 Å². The van der Waals surface area contributed by atoms with Crippen molar-refractivity contribution in [2.75, 3.05) is 32.7 Å². The van der Waals surface area contributed by atoms with Gasteiger partial charge in [0.2, 0.25) is 11.8 Å². The summed E-state index contributed by atoms with van der Waals surface area (Å²) in [5, 5.41) is 0. The van der Waals surface area contributed by atoms with Crippen LogP contribution in [0.3, 0.4) is 0 Å². The number of piperazine rings is 1. The smallest absolute Gasteiger partial charge is 0.228 e. The van der Waals surface area contributed by atoms with Crippen LogP contribution in [0.2, 0.25) is 0 Å². The lowest BCUT2D eigenvalue weighted by molar-refractivity contribution is -0.137. The van der Waals surface area contributed by atoms with Crippen LogP contribution >= 0.6 is 0 Å². The summed E-state index contributed by atoms with van der Waals surface area (Å²) in [5.74, 6) is 0.307. The van der Waals surface area contributed by atoms with Crippen molar-refractivity contribution in [1.29, 1.82) is 0 Å². The number of hydrogen-bond acceptors (Lipinski definition) is 3. The number of rotatable bonds is 3. The van der Waals surface area contributed by atoms with Crippen LogP contribution in [0.1, 0.15) is 46.0 Å². The average Bonchev–Trinajstić information content (AvgIpc) is 3.15. The van der Waals surface area contributed by atoms with Crippen molar-refractivity contribution in [2.24, 2.45) is 5.92 Å². The van der Waals surface area contributed by atoms with E-state index in [9.17, 15) is 9.59 Å². The molecule has 2 heterocycles. The van der Waals surface area contributed by atoms with Gasteiger partial charge in [0.25, 0.3) is 0 Å². The number of nitrogens with zero attached hydrogens (tertiary/aromatic N) is 3. The molecule has 2 amide bonds. The monoisotopic (exact) mass is 307 g/mol. The van der Waals surface area contributed by atoms with Gasteiger partial charge in [-0.3, -0.25) is 14.5 Å². The van der Waals surface area contributed by atoms with Crippen LogP contribution in [-0.2, 0) is 9.59 Å². The highest BCUT2D eigenvalue weighted by Gasteiger charge is 2.40. The molecule has 3 rings (SSSR count). The highest BCUT2D eigenvalue weighted by molar-refractivity contribution is 5.89. The Morgan fingerprint density at radius 3 is 2.32 bits per heavy atom. The van der Waals surface area contributed by atoms with Gasteiger partial charge in [-0.1, -0.05) is 12.8 Å². The second-order valence-electron chi connectivity index (χ2n) is 7.34. The Balaban J connectivity index is 1.54. The first-order valence-electron chi connectivity index (χ1n) is 8.88. The molecular weight excluding hydrogens is 278 g/mol. The Hall–Kier alpha value is -1.10. The first-order valence-corrected chi connectivity index (χ1v) is 8.88. The molecule has 3 fully saturated rings. The molecule has 3 aliphatic rings. The topological polar surface area (TPSA) is 43.9 Å². The standard InChI is InChI=1S/C17H29N3O2/c1-13(2)18-7-9-19(10-8-18)17(22)14-11-16(21)20(12-14)15-5-3-4-6-15/h13-15H,3-12H2,1-2H3. The van der Waals surface area contributed by atoms with Crippen molar-refractivity contribution in [3.63, 3.8) is 0 Å². The van der Waals surface area contributed by atoms with E-state index in [2.05, 4.69) is 18.7 Å². The van der Waals surface area contributed by atoms with Crippen LogP contribution in [0.4, 0.5) is 0 Å². The van der Waals surface area contributed by atoms with Gasteiger partial charge < -0.3 is 9.80 Å². The van der Waals surface area contributed by atoms with Crippen LogP contribution in [0.5, 0.6) is 0 Å². The fourth-order valence-corrected chi connectivity index (χ4v) is 4.18. The molecule has 1 unspecified atom stereocenters. The van der Waals surface area contributed by atoms with Crippen LogP contribution in [0, 0.1) is 5.92 Å². The summed E-state index contributed by atoms with van der Waals surface area (Å²) in [5.41, 5.74) is 0. The molecule has 1 aliphatic carbocycles. The van der Waals surface area contributed by atoms with Crippen LogP contribution < -0.4 is 0 Å². The van der Waals surface area contributed by atoms with E-state index in [-0.39, 0.29) is 17.7 Å². The number of likely N-dealkylation sites (tertiary alicyclic amines) is 1. The molecular formula is C17H29N3O2. The average molecular weight is 307 g/mol. The van der Waals surface area contributed by atoms with Crippen LogP contribution in [-0.4, -0.2) is 71.3 Å². The van der Waals surface area contributed by atoms with Crippen molar-refractivity contribution in [3.05, 3.63) is 0 Å². The van der Waals surface area contributed by atoms with Gasteiger partial charge in [-0.25, -0.2) is 0 Å². The van der Waals surface area contributed by atoms with Crippen molar-refractivity contribution in [2.45, 2.75) is 58.0 Å². The summed E-state index contributed by atoms with van der Waals surface area (Å²) in [6.07, 6.45) is 5.13. The lowest BCUT2D eigenvalue weighted by atomic mass is 10.1. The number of carbonyl (C=O) groups is 2. The van der Waals surface area contributed by atoms with Gasteiger partial charge in [-0.15, -0.1) is 0 Å². The third-order valence-corrected chi connectivity index (χ3v) is 5.63. The minimum Gasteiger partial charge on any atom is -0.340 e. The first kappa shape index (κ1) is 15.8. The molecule has 5 heteroatoms. The predicted molar refractivity (Wildman–Crippen MR) is 85.4 cm³/mol. The van der Waals surface area contributed by atoms with Gasteiger partial charge in [0.15, 0.2) is 0 Å². The van der Waals surface area contributed by atoms with E-state index >= 15 is 0 Å². The molecule has 0 aromatic heterocycles. The van der Waals surface area contributed by atoms with E-state index in [1.165, 1.54) is 12.8 Å². The zero-order valence-electron chi connectivity index (χ0n) is 14.0. The van der Waals surface area contributed by atoms with Crippen LogP contribution in [0.15, 0.2) is 0 Å². The zero-order chi connectivity index (χ0) is 15.7. The zero-order valence-corrected chi connectivity index (χ0v) is 14.0. The molecule has 0 aromatic rings. The second-order valence-corrected chi connectivity index (χ2v) is 7.34. The quantitative estimate of drug-likeness (QED) is 0.790. The highest BCUT2D eigenvalue weighted by Crippen LogP contribution is 2.30. The molecule has 2 saturated heterocycles. The largest absolute Gasteiger partial charge is 0.340 e. The summed E-state index contributed by atoms with van der Waals surface area (Å²) >= 11 is 0. The van der Waals surface area contributed by atoms with E-state index in [1.54, 1.807) is 0 Å². The summed E-state index contributed by atoms with van der Waals surface area (Å²) < 4.78 is 0. The van der Waals surface area contributed by atoms with E-state index in [4.69, 9.17) is 0 Å². The fourth-order valence-electron chi connectivity index (χ4n) is 4.18. The summed E-state index contributed by atoms with van der Waals surface area (Å²) in [7, 11) is 0. The van der Waals surface area contributed by atoms with E-state index < -0.39 is 0 Å². The lowest BCUT2D eigenvalue weighted by Gasteiger charge is -2.37. The summed E-state index contributed by atoms with van der Waals surface area (Å²) in [6.45, 7) is 8.59. The third kappa shape index (κ3) is 3.14. The third-order valence-electron chi connectivity index (χ3n) is 5.63. The molecule has 124 valence electrons. The molecule has 5 nitrogen and oxygen atoms in total. The molecule has 0 bridgehead atoms. The van der Waals surface area contributed by atoms with Gasteiger partial charge in [-0.05, 0) is 26.7 Å². The van der Waals surface area contributed by atoms with E-state index in [0.717, 1.165) is 39.0 Å². The molecule has 0 N–H and O–H groups in total. The SMILES string of the molecule is CC(C)N1CCN(C(=O)C2CC(=O)N(C3CCCC3)C2)CC1. The van der Waals surface area contributed by atoms with Gasteiger partial charge in [0.05, 0.1) is 5.92 Å². The molecule has 0 radical (unpaired) electrons. The maximum absolute atomic E-state index is 12.7. The van der Waals surface area contributed by atoms with Crippen LogP contribution in [0.25, 0.3) is 0 Å². The normalized spacial score (nSPS) is 28.1. The van der Waals surface area contributed by atoms with Crippen molar-refractivity contribution in [1.82, 2.24) is 14.7 Å². The first-order chi connectivity index (χ1) is 10.6. The predicted octanol–water partition coefficient (Wildman–Crippen LogP) is 1.33. The summed E-state index contributed by atoms with van der Waals surface area (Å²) in [6, 6.07) is 0.950. The second kappa shape index (κ2) is 6.57. The Labute approximate surface area is 133 Å². The molecule has 2 aliphatic heterocycles. The number of amides is 2. The Bertz CT molecular complexity index is 424. The number of hydrogen-bond donors (Lipinski definition) is 0. The van der Waals surface area contributed by atoms with Gasteiger partial charge in [0.1, 0.15) is 0 Å². The minimum absolute atomic E-state index is 0.0984. The van der Waals surface area contributed by atoms with Gasteiger partial charge in [0, 0.05) is 51.2 Å². The fraction of sp³-hybridized carbons (Fsp3) is 0.882. The minimum atomic E-state index is -0.0984. The Kier molecular flexibility index (Phi) is 4.71. The molecule has 0 spiro atoms. The highest BCUT2D eigenvalue weighted by atomic mass is 16.2. The van der Waals surface area contributed by atoms with Crippen molar-refractivity contribution in [3.8, 4) is 0 Å². The molecule has 1 saturated carbocycles. The maximum Gasteiger partial charge on any atom is 0.228 e. The molecule has 22 heavy (non-hydrogen) atoms. The van der Waals surface area contributed by atoms with E-state index in [0.29, 0.717) is 25.0 Å². The van der Waals surface area contributed by atoms with Crippen molar-refractivity contribution >= 4 is 11.8 Å². The molecule has 1 atom stereocenters. The van der Waals surface area contributed by atoms with Gasteiger partial charge >= 0.3 is 0 Å². The summed E-state index contributed by atoms with van der Waals surface area (Å²) in [4.78, 5) is 31.4. The molecule has 0 aromatic carbocycles. The Morgan fingerprint density at radius 1 is 1.09 bits per heavy atom. The maximum atomic E-state index is 12.7. The number of carbonyl (C=O) groups excluding carboxylic acids is 2. The Morgan fingerprint density at radius 2 is 1.73 bits per heavy atom. The van der Waals surface area contributed by atoms with E-state index in [1.807, 2.05) is 9.80 Å². The van der Waals surface area contributed by atoms with Crippen molar-refractivity contribution < 1.29 is 9.59 Å². The lowest BCUT2D eigenvalue weighted by Crippen LogP contribution is -2.52.